The maximum atomic E-state index is 11.6. The first-order valence-corrected chi connectivity index (χ1v) is 8.51. The Hall–Kier alpha value is -1.81. The van der Waals surface area contributed by atoms with Gasteiger partial charge in [0.2, 0.25) is 0 Å². The third-order valence-corrected chi connectivity index (χ3v) is 5.88. The molecule has 0 fully saturated rings. The number of anilines is 1. The summed E-state index contributed by atoms with van der Waals surface area (Å²) in [5.41, 5.74) is 5.13. The number of fused-ring (bicyclic) bond motifs is 2. The highest BCUT2D eigenvalue weighted by Crippen LogP contribution is 2.53. The van der Waals surface area contributed by atoms with E-state index in [4.69, 9.17) is 0 Å². The van der Waals surface area contributed by atoms with Crippen LogP contribution in [0.1, 0.15) is 30.9 Å². The molecule has 23 heavy (non-hydrogen) atoms. The first-order chi connectivity index (χ1) is 11.0. The van der Waals surface area contributed by atoms with E-state index in [2.05, 4.69) is 49.3 Å². The molecular weight excluding hydrogens is 288 g/mol. The molecular formula is C19H24N2O2. The second-order valence-electron chi connectivity index (χ2n) is 7.53. The first kappa shape index (κ1) is 14.8. The SMILES string of the molecule is CC(C)C1C2CNc3cccc(c32)C2=C[C@@H](C(=O)O)CN(C)[C@@H]21. The van der Waals surface area contributed by atoms with Crippen LogP contribution in [0.3, 0.4) is 0 Å². The molecule has 2 unspecified atom stereocenters. The maximum absolute atomic E-state index is 11.6. The molecule has 0 bridgehead atoms. The molecule has 1 aliphatic carbocycles. The number of benzene rings is 1. The Morgan fingerprint density at radius 2 is 2.17 bits per heavy atom. The zero-order valence-electron chi connectivity index (χ0n) is 13.9. The monoisotopic (exact) mass is 312 g/mol. The minimum absolute atomic E-state index is 0.318. The van der Waals surface area contributed by atoms with Crippen molar-refractivity contribution in [3.8, 4) is 0 Å². The fourth-order valence-electron chi connectivity index (χ4n) is 5.00. The van der Waals surface area contributed by atoms with Crippen LogP contribution in [0.15, 0.2) is 24.3 Å². The minimum atomic E-state index is -0.725. The number of carboxylic acids is 1. The number of hydrogen-bond acceptors (Lipinski definition) is 3. The summed E-state index contributed by atoms with van der Waals surface area (Å²) in [5, 5.41) is 13.1. The van der Waals surface area contributed by atoms with E-state index in [1.807, 2.05) is 6.08 Å². The van der Waals surface area contributed by atoms with Gasteiger partial charge in [-0.3, -0.25) is 9.69 Å². The summed E-state index contributed by atoms with van der Waals surface area (Å²) in [4.78, 5) is 13.8. The van der Waals surface area contributed by atoms with Gasteiger partial charge in [0.25, 0.3) is 0 Å². The van der Waals surface area contributed by atoms with Crippen LogP contribution in [-0.2, 0) is 4.79 Å². The van der Waals surface area contributed by atoms with Crippen molar-refractivity contribution in [2.24, 2.45) is 17.8 Å². The molecule has 2 N–H and O–H groups in total. The van der Waals surface area contributed by atoms with E-state index < -0.39 is 11.9 Å². The Morgan fingerprint density at radius 3 is 2.87 bits per heavy atom. The molecule has 1 aromatic rings. The number of carbonyl (C=O) groups is 1. The second-order valence-corrected chi connectivity index (χ2v) is 7.53. The van der Waals surface area contributed by atoms with Gasteiger partial charge in [0.05, 0.1) is 5.92 Å². The van der Waals surface area contributed by atoms with Crippen molar-refractivity contribution in [3.05, 3.63) is 35.4 Å². The average molecular weight is 312 g/mol. The highest BCUT2D eigenvalue weighted by atomic mass is 16.4. The van der Waals surface area contributed by atoms with E-state index in [1.165, 1.54) is 22.4 Å². The lowest BCUT2D eigenvalue weighted by molar-refractivity contribution is -0.140. The summed E-state index contributed by atoms with van der Waals surface area (Å²) < 4.78 is 0. The lowest BCUT2D eigenvalue weighted by Crippen LogP contribution is -2.51. The zero-order valence-corrected chi connectivity index (χ0v) is 13.9. The third kappa shape index (κ3) is 2.04. The Balaban J connectivity index is 1.94. The summed E-state index contributed by atoms with van der Waals surface area (Å²) in [5.74, 6) is 0.452. The van der Waals surface area contributed by atoms with Crippen LogP contribution in [0, 0.1) is 17.8 Å². The van der Waals surface area contributed by atoms with Gasteiger partial charge >= 0.3 is 5.97 Å². The van der Waals surface area contributed by atoms with Gasteiger partial charge in [0.1, 0.15) is 0 Å². The number of carboxylic acid groups (broad SMARTS) is 1. The Kier molecular flexibility index (Phi) is 3.27. The number of likely N-dealkylation sites (N-methyl/N-ethyl adjacent to an activating group) is 1. The Labute approximate surface area is 137 Å². The van der Waals surface area contributed by atoms with Crippen molar-refractivity contribution in [3.63, 3.8) is 0 Å². The largest absolute Gasteiger partial charge is 0.481 e. The van der Waals surface area contributed by atoms with Crippen LogP contribution in [0.25, 0.3) is 5.57 Å². The van der Waals surface area contributed by atoms with Gasteiger partial charge in [-0.2, -0.15) is 0 Å². The maximum Gasteiger partial charge on any atom is 0.311 e. The standard InChI is InChI=1S/C19H24N2O2/c1-10(2)16-14-8-20-15-6-4-5-12(17(14)15)13-7-11(19(22)23)9-21(3)18(13)16/h4-7,10-11,14,16,18,20H,8-9H2,1-3H3,(H,22,23)/t11-,14?,16?,18+/m1/s1. The molecule has 1 aromatic carbocycles. The lowest BCUT2D eigenvalue weighted by atomic mass is 9.64. The molecule has 0 spiro atoms. The van der Waals surface area contributed by atoms with Crippen molar-refractivity contribution in [1.82, 2.24) is 4.90 Å². The summed E-state index contributed by atoms with van der Waals surface area (Å²) >= 11 is 0. The van der Waals surface area contributed by atoms with Gasteiger partial charge < -0.3 is 10.4 Å². The van der Waals surface area contributed by atoms with Gasteiger partial charge in [0.15, 0.2) is 0 Å². The number of nitrogens with one attached hydrogen (secondary N) is 1. The third-order valence-electron chi connectivity index (χ3n) is 5.88. The van der Waals surface area contributed by atoms with Crippen LogP contribution in [0.2, 0.25) is 0 Å². The molecule has 2 heterocycles. The van der Waals surface area contributed by atoms with Gasteiger partial charge in [-0.25, -0.2) is 0 Å². The fourth-order valence-corrected chi connectivity index (χ4v) is 5.00. The summed E-state index contributed by atoms with van der Waals surface area (Å²) in [6, 6.07) is 6.73. The Morgan fingerprint density at radius 1 is 1.39 bits per heavy atom. The number of rotatable bonds is 2. The summed E-state index contributed by atoms with van der Waals surface area (Å²) in [7, 11) is 2.08. The molecule has 0 amide bonds. The summed E-state index contributed by atoms with van der Waals surface area (Å²) in [6.45, 7) is 6.19. The molecule has 0 aromatic heterocycles. The fraction of sp³-hybridized carbons (Fsp3) is 0.526. The van der Waals surface area contributed by atoms with Crippen LogP contribution in [0.4, 0.5) is 5.69 Å². The normalized spacial score (nSPS) is 32.1. The molecule has 3 aliphatic rings. The van der Waals surface area contributed by atoms with Crippen LogP contribution >= 0.6 is 0 Å². The van der Waals surface area contributed by atoms with E-state index in [1.54, 1.807) is 0 Å². The molecule has 122 valence electrons. The Bertz CT molecular complexity index is 695. The molecule has 0 radical (unpaired) electrons. The zero-order chi connectivity index (χ0) is 16.3. The van der Waals surface area contributed by atoms with E-state index in [0.717, 1.165) is 6.54 Å². The van der Waals surface area contributed by atoms with Crippen molar-refractivity contribution < 1.29 is 9.90 Å². The lowest BCUT2D eigenvalue weighted by Gasteiger charge is -2.48. The molecule has 0 saturated heterocycles. The van der Waals surface area contributed by atoms with Gasteiger partial charge in [-0.05, 0) is 41.6 Å². The topological polar surface area (TPSA) is 52.6 Å². The molecule has 2 aliphatic heterocycles. The van der Waals surface area contributed by atoms with E-state index in [0.29, 0.717) is 30.3 Å². The van der Waals surface area contributed by atoms with E-state index >= 15 is 0 Å². The molecule has 4 heteroatoms. The van der Waals surface area contributed by atoms with Gasteiger partial charge in [-0.15, -0.1) is 0 Å². The van der Waals surface area contributed by atoms with Crippen LogP contribution in [-0.4, -0.2) is 42.2 Å². The van der Waals surface area contributed by atoms with E-state index in [-0.39, 0.29) is 0 Å². The van der Waals surface area contributed by atoms with E-state index in [9.17, 15) is 9.90 Å². The highest BCUT2D eigenvalue weighted by molar-refractivity contribution is 5.85. The quantitative estimate of drug-likeness (QED) is 0.882. The van der Waals surface area contributed by atoms with Crippen molar-refractivity contribution in [1.29, 1.82) is 0 Å². The minimum Gasteiger partial charge on any atom is -0.481 e. The van der Waals surface area contributed by atoms with Crippen LogP contribution < -0.4 is 5.32 Å². The molecule has 4 nitrogen and oxygen atoms in total. The number of hydrogen-bond donors (Lipinski definition) is 2. The predicted molar refractivity (Wildman–Crippen MR) is 91.5 cm³/mol. The van der Waals surface area contributed by atoms with Crippen molar-refractivity contribution in [2.75, 3.05) is 25.5 Å². The number of aliphatic carboxylic acids is 1. The summed E-state index contributed by atoms with van der Waals surface area (Å²) in [6.07, 6.45) is 2.02. The van der Waals surface area contributed by atoms with Gasteiger partial charge in [0, 0.05) is 30.7 Å². The predicted octanol–water partition coefficient (Wildman–Crippen LogP) is 2.88. The molecule has 4 rings (SSSR count). The average Bonchev–Trinajstić information content (AvgIpc) is 2.93. The number of nitrogens with zero attached hydrogens (tertiary/aromatic N) is 1. The molecule has 0 saturated carbocycles. The smallest absolute Gasteiger partial charge is 0.311 e. The van der Waals surface area contributed by atoms with Crippen LogP contribution in [0.5, 0.6) is 0 Å². The van der Waals surface area contributed by atoms with Crippen molar-refractivity contribution in [2.45, 2.75) is 25.8 Å². The van der Waals surface area contributed by atoms with Crippen molar-refractivity contribution >= 4 is 17.2 Å². The highest BCUT2D eigenvalue weighted by Gasteiger charge is 2.47. The van der Waals surface area contributed by atoms with Gasteiger partial charge in [-0.1, -0.05) is 32.1 Å². The second kappa shape index (κ2) is 5.10. The first-order valence-electron chi connectivity index (χ1n) is 8.51. The molecule has 4 atom stereocenters.